The zero-order chi connectivity index (χ0) is 14.1. The lowest BCUT2D eigenvalue weighted by Crippen LogP contribution is -2.10. The number of carbonyl (C=O) groups excluding carboxylic acids is 1. The van der Waals surface area contributed by atoms with E-state index in [-0.39, 0.29) is 6.10 Å². The van der Waals surface area contributed by atoms with Crippen LogP contribution in [0.15, 0.2) is 42.5 Å². The predicted octanol–water partition coefficient (Wildman–Crippen LogP) is 3.10. The monoisotopic (exact) mass is 262 g/mol. The molecule has 0 aliphatic heterocycles. The van der Waals surface area contributed by atoms with E-state index in [1.807, 2.05) is 30.3 Å². The minimum atomic E-state index is -1.17. The van der Waals surface area contributed by atoms with Crippen LogP contribution >= 0.6 is 0 Å². The normalized spacial score (nSPS) is 12.3. The average molecular weight is 262 g/mol. The van der Waals surface area contributed by atoms with Gasteiger partial charge in [0.2, 0.25) is 0 Å². The minimum absolute atomic E-state index is 0.327. The van der Waals surface area contributed by atoms with Crippen LogP contribution in [0.5, 0.6) is 0 Å². The zero-order valence-corrected chi connectivity index (χ0v) is 10.9. The molecule has 1 aromatic rings. The van der Waals surface area contributed by atoms with Crippen molar-refractivity contribution in [1.82, 2.24) is 0 Å². The van der Waals surface area contributed by atoms with Gasteiger partial charge in [-0.15, -0.1) is 0 Å². The first-order valence-electron chi connectivity index (χ1n) is 6.30. The summed E-state index contributed by atoms with van der Waals surface area (Å²) in [5.41, 5.74) is 0.924. The van der Waals surface area contributed by atoms with E-state index in [0.29, 0.717) is 0 Å². The molecule has 102 valence electrons. The Labute approximate surface area is 112 Å². The number of ether oxygens (including phenoxy) is 1. The molecule has 0 radical (unpaired) electrons. The molecule has 1 aromatic carbocycles. The first kappa shape index (κ1) is 15.0. The quantitative estimate of drug-likeness (QED) is 0.605. The van der Waals surface area contributed by atoms with Gasteiger partial charge in [-0.2, -0.15) is 0 Å². The molecule has 1 unspecified atom stereocenters. The molecular formula is C15H18O4. The van der Waals surface area contributed by atoms with E-state index in [1.54, 1.807) is 0 Å². The molecule has 0 fully saturated rings. The first-order valence-corrected chi connectivity index (χ1v) is 6.30. The minimum Gasteiger partial charge on any atom is -0.478 e. The summed E-state index contributed by atoms with van der Waals surface area (Å²) in [6.07, 6.45) is 4.07. The van der Waals surface area contributed by atoms with E-state index in [1.165, 1.54) is 0 Å². The third kappa shape index (κ3) is 5.86. The summed E-state index contributed by atoms with van der Waals surface area (Å²) in [6.45, 7) is 2.06. The van der Waals surface area contributed by atoms with Gasteiger partial charge in [0, 0.05) is 12.2 Å². The van der Waals surface area contributed by atoms with Gasteiger partial charge in [0.25, 0.3) is 0 Å². The number of unbranched alkanes of at least 4 members (excludes halogenated alkanes) is 1. The molecule has 0 amide bonds. The summed E-state index contributed by atoms with van der Waals surface area (Å²) >= 11 is 0. The summed E-state index contributed by atoms with van der Waals surface area (Å²) in [5, 5.41) is 8.46. The van der Waals surface area contributed by atoms with Gasteiger partial charge in [-0.3, -0.25) is 0 Å². The highest BCUT2D eigenvalue weighted by molar-refractivity contribution is 5.90. The van der Waals surface area contributed by atoms with Crippen LogP contribution in [0.3, 0.4) is 0 Å². The molecule has 0 bridgehead atoms. The van der Waals surface area contributed by atoms with E-state index in [2.05, 4.69) is 6.92 Å². The molecule has 19 heavy (non-hydrogen) atoms. The maximum Gasteiger partial charge on any atom is 0.331 e. The topological polar surface area (TPSA) is 63.6 Å². The highest BCUT2D eigenvalue weighted by Gasteiger charge is 2.14. The van der Waals surface area contributed by atoms with Crippen molar-refractivity contribution in [2.45, 2.75) is 32.3 Å². The summed E-state index contributed by atoms with van der Waals surface area (Å²) in [4.78, 5) is 21.9. The molecule has 4 nitrogen and oxygen atoms in total. The SMILES string of the molecule is CCCCC(OC(=O)/C=C/C(=O)O)c1ccccc1. The van der Waals surface area contributed by atoms with Crippen molar-refractivity contribution in [1.29, 1.82) is 0 Å². The third-order valence-corrected chi connectivity index (χ3v) is 2.61. The van der Waals surface area contributed by atoms with Crippen molar-refractivity contribution in [2.75, 3.05) is 0 Å². The van der Waals surface area contributed by atoms with Crippen LogP contribution in [0, 0.1) is 0 Å². The second-order valence-electron chi connectivity index (χ2n) is 4.15. The Kier molecular flexibility index (Phi) is 6.36. The van der Waals surface area contributed by atoms with E-state index >= 15 is 0 Å². The fourth-order valence-corrected chi connectivity index (χ4v) is 1.67. The van der Waals surface area contributed by atoms with Crippen molar-refractivity contribution in [3.63, 3.8) is 0 Å². The largest absolute Gasteiger partial charge is 0.478 e. The number of aliphatic carboxylic acids is 1. The standard InChI is InChI=1S/C15H18O4/c1-2-3-9-13(12-7-5-4-6-8-12)19-15(18)11-10-14(16)17/h4-8,10-11,13H,2-3,9H2,1H3,(H,16,17)/b11-10+. The summed E-state index contributed by atoms with van der Waals surface area (Å²) < 4.78 is 5.30. The Morgan fingerprint density at radius 1 is 1.26 bits per heavy atom. The number of rotatable bonds is 7. The van der Waals surface area contributed by atoms with Crippen molar-refractivity contribution < 1.29 is 19.4 Å². The van der Waals surface area contributed by atoms with Crippen LogP contribution < -0.4 is 0 Å². The maximum absolute atomic E-state index is 11.5. The lowest BCUT2D eigenvalue weighted by atomic mass is 10.0. The molecule has 0 spiro atoms. The number of carboxylic acids is 1. The number of benzene rings is 1. The Bertz CT molecular complexity index is 437. The molecule has 0 saturated heterocycles. The van der Waals surface area contributed by atoms with Crippen LogP contribution in [0.25, 0.3) is 0 Å². The zero-order valence-electron chi connectivity index (χ0n) is 10.9. The summed E-state index contributed by atoms with van der Waals surface area (Å²) in [6, 6.07) is 9.46. The lowest BCUT2D eigenvalue weighted by molar-refractivity contribution is -0.144. The molecule has 0 aromatic heterocycles. The van der Waals surface area contributed by atoms with Crippen LogP contribution in [0.2, 0.25) is 0 Å². The average Bonchev–Trinajstić information content (AvgIpc) is 2.42. The molecule has 1 N–H and O–H groups in total. The molecule has 4 heteroatoms. The van der Waals surface area contributed by atoms with Crippen molar-refractivity contribution in [3.8, 4) is 0 Å². The summed E-state index contributed by atoms with van der Waals surface area (Å²) in [7, 11) is 0. The van der Waals surface area contributed by atoms with Crippen LogP contribution in [-0.4, -0.2) is 17.0 Å². The van der Waals surface area contributed by atoms with Gasteiger partial charge in [-0.1, -0.05) is 43.7 Å². The second-order valence-corrected chi connectivity index (χ2v) is 4.15. The fourth-order valence-electron chi connectivity index (χ4n) is 1.67. The number of carboxylic acid groups (broad SMARTS) is 1. The number of esters is 1. The van der Waals surface area contributed by atoms with Crippen LogP contribution in [-0.2, 0) is 14.3 Å². The Morgan fingerprint density at radius 3 is 2.53 bits per heavy atom. The van der Waals surface area contributed by atoms with E-state index in [9.17, 15) is 9.59 Å². The van der Waals surface area contributed by atoms with E-state index < -0.39 is 11.9 Å². The summed E-state index contributed by atoms with van der Waals surface area (Å²) in [5.74, 6) is -1.80. The van der Waals surface area contributed by atoms with Gasteiger partial charge in [0.1, 0.15) is 6.10 Å². The number of hydrogen-bond donors (Lipinski definition) is 1. The Hall–Kier alpha value is -2.10. The molecular weight excluding hydrogens is 244 g/mol. The lowest BCUT2D eigenvalue weighted by Gasteiger charge is -2.17. The molecule has 0 aliphatic carbocycles. The van der Waals surface area contributed by atoms with Crippen molar-refractivity contribution >= 4 is 11.9 Å². The predicted molar refractivity (Wildman–Crippen MR) is 71.6 cm³/mol. The Morgan fingerprint density at radius 2 is 1.95 bits per heavy atom. The van der Waals surface area contributed by atoms with Gasteiger partial charge >= 0.3 is 11.9 Å². The highest BCUT2D eigenvalue weighted by Crippen LogP contribution is 2.23. The van der Waals surface area contributed by atoms with Crippen LogP contribution in [0.4, 0.5) is 0 Å². The molecule has 0 saturated carbocycles. The third-order valence-electron chi connectivity index (χ3n) is 2.61. The van der Waals surface area contributed by atoms with Gasteiger partial charge in [-0.25, -0.2) is 9.59 Å². The molecule has 0 aliphatic rings. The van der Waals surface area contributed by atoms with E-state index in [4.69, 9.17) is 9.84 Å². The smallest absolute Gasteiger partial charge is 0.331 e. The maximum atomic E-state index is 11.5. The molecule has 1 rings (SSSR count). The number of hydrogen-bond acceptors (Lipinski definition) is 3. The number of carbonyl (C=O) groups is 2. The highest BCUT2D eigenvalue weighted by atomic mass is 16.5. The van der Waals surface area contributed by atoms with Gasteiger partial charge in [0.05, 0.1) is 0 Å². The molecule has 0 heterocycles. The van der Waals surface area contributed by atoms with Gasteiger partial charge in [-0.05, 0) is 18.4 Å². The molecule has 1 atom stereocenters. The second kappa shape index (κ2) is 8.08. The van der Waals surface area contributed by atoms with Crippen LogP contribution in [0.1, 0.15) is 37.9 Å². The van der Waals surface area contributed by atoms with Gasteiger partial charge in [0.15, 0.2) is 0 Å². The van der Waals surface area contributed by atoms with Crippen molar-refractivity contribution in [3.05, 3.63) is 48.0 Å². The van der Waals surface area contributed by atoms with Gasteiger partial charge < -0.3 is 9.84 Å². The van der Waals surface area contributed by atoms with Crippen molar-refractivity contribution in [2.24, 2.45) is 0 Å². The fraction of sp³-hybridized carbons (Fsp3) is 0.333. The van der Waals surface area contributed by atoms with E-state index in [0.717, 1.165) is 37.0 Å². The Balaban J connectivity index is 2.70. The first-order chi connectivity index (χ1) is 9.13.